The minimum atomic E-state index is -0.187. The zero-order valence-corrected chi connectivity index (χ0v) is 11.4. The molecule has 0 saturated heterocycles. The lowest BCUT2D eigenvalue weighted by Crippen LogP contribution is -2.17. The summed E-state index contributed by atoms with van der Waals surface area (Å²) in [5, 5.41) is 3.95. The van der Waals surface area contributed by atoms with Crippen molar-refractivity contribution in [3.8, 4) is 0 Å². The second kappa shape index (κ2) is 6.02. The predicted molar refractivity (Wildman–Crippen MR) is 72.1 cm³/mol. The number of rotatable bonds is 5. The van der Waals surface area contributed by atoms with Crippen LogP contribution in [0.25, 0.3) is 0 Å². The molecule has 0 radical (unpaired) electrons. The van der Waals surface area contributed by atoms with Crippen LogP contribution < -0.4 is 5.73 Å². The Bertz CT molecular complexity index is 484. The maximum Gasteiger partial charge on any atom is 0.243 e. The molecule has 0 unspecified atom stereocenters. The van der Waals surface area contributed by atoms with Crippen molar-refractivity contribution in [1.29, 1.82) is 0 Å². The van der Waals surface area contributed by atoms with Gasteiger partial charge in [-0.05, 0) is 18.1 Å². The topological polar surface area (TPSA) is 64.9 Å². The van der Waals surface area contributed by atoms with Crippen LogP contribution in [0, 0.1) is 5.92 Å². The first-order valence-corrected chi connectivity index (χ1v) is 6.91. The Morgan fingerprint density at radius 2 is 2.00 bits per heavy atom. The molecule has 0 fully saturated rings. The number of hydrogen-bond acceptors (Lipinski definition) is 5. The molecule has 5 heteroatoms. The van der Waals surface area contributed by atoms with Gasteiger partial charge in [0.15, 0.2) is 5.82 Å². The highest BCUT2D eigenvalue weighted by Crippen LogP contribution is 2.22. The molecule has 96 valence electrons. The van der Waals surface area contributed by atoms with E-state index in [0.29, 0.717) is 23.4 Å². The molecule has 18 heavy (non-hydrogen) atoms. The molecule has 0 bridgehead atoms. The Balaban J connectivity index is 1.95. The van der Waals surface area contributed by atoms with Gasteiger partial charge in [0.05, 0.1) is 11.8 Å². The van der Waals surface area contributed by atoms with E-state index in [2.05, 4.69) is 22.3 Å². The van der Waals surface area contributed by atoms with Gasteiger partial charge in [0, 0.05) is 4.90 Å². The summed E-state index contributed by atoms with van der Waals surface area (Å²) in [7, 11) is 0. The molecule has 2 N–H and O–H groups in total. The molecular formula is C13H17N3OS. The van der Waals surface area contributed by atoms with E-state index in [9.17, 15) is 0 Å². The normalized spacial score (nSPS) is 12.9. The van der Waals surface area contributed by atoms with Crippen LogP contribution in [-0.2, 0) is 5.75 Å². The summed E-state index contributed by atoms with van der Waals surface area (Å²) in [6, 6.07) is 9.96. The van der Waals surface area contributed by atoms with Gasteiger partial charge < -0.3 is 10.3 Å². The summed E-state index contributed by atoms with van der Waals surface area (Å²) in [5.74, 6) is 2.20. The second-order valence-corrected chi connectivity index (χ2v) is 5.47. The Morgan fingerprint density at radius 1 is 1.28 bits per heavy atom. The van der Waals surface area contributed by atoms with Gasteiger partial charge >= 0.3 is 0 Å². The van der Waals surface area contributed by atoms with Gasteiger partial charge in [-0.25, -0.2) is 0 Å². The van der Waals surface area contributed by atoms with Crippen molar-refractivity contribution in [1.82, 2.24) is 10.1 Å². The standard InChI is InChI=1S/C13H17N3OS/c1-9(2)12(14)13-15-11(16-17-13)8-18-10-6-4-3-5-7-10/h3-7,9,12H,8,14H2,1-2H3/t12-/m1/s1. The minimum Gasteiger partial charge on any atom is -0.338 e. The zero-order valence-electron chi connectivity index (χ0n) is 10.5. The van der Waals surface area contributed by atoms with Crippen LogP contribution in [0.1, 0.15) is 31.6 Å². The quantitative estimate of drug-likeness (QED) is 0.840. The Labute approximate surface area is 111 Å². The molecule has 2 aromatic rings. The molecule has 0 saturated carbocycles. The first kappa shape index (κ1) is 13.1. The third-order valence-corrected chi connectivity index (χ3v) is 3.61. The maximum atomic E-state index is 5.96. The average molecular weight is 263 g/mol. The first-order chi connectivity index (χ1) is 8.66. The smallest absolute Gasteiger partial charge is 0.243 e. The van der Waals surface area contributed by atoms with Crippen LogP contribution >= 0.6 is 11.8 Å². The lowest BCUT2D eigenvalue weighted by Gasteiger charge is -2.09. The summed E-state index contributed by atoms with van der Waals surface area (Å²) >= 11 is 1.68. The van der Waals surface area contributed by atoms with E-state index in [0.717, 1.165) is 0 Å². The van der Waals surface area contributed by atoms with Crippen LogP contribution in [0.15, 0.2) is 39.8 Å². The molecule has 1 aromatic carbocycles. The maximum absolute atomic E-state index is 5.96. The van der Waals surface area contributed by atoms with Crippen molar-refractivity contribution >= 4 is 11.8 Å². The minimum absolute atomic E-state index is 0.187. The molecule has 4 nitrogen and oxygen atoms in total. The SMILES string of the molecule is CC(C)[C@@H](N)c1nc(CSc2ccccc2)no1. The van der Waals surface area contributed by atoms with Crippen LogP contribution in [0.2, 0.25) is 0 Å². The third kappa shape index (κ3) is 3.34. The molecule has 0 spiro atoms. The van der Waals surface area contributed by atoms with Gasteiger partial charge in [-0.1, -0.05) is 37.2 Å². The molecule has 0 aliphatic rings. The number of hydrogen-bond donors (Lipinski definition) is 1. The summed E-state index contributed by atoms with van der Waals surface area (Å²) in [5.41, 5.74) is 5.96. The van der Waals surface area contributed by atoms with Crippen LogP contribution in [0.3, 0.4) is 0 Å². The van der Waals surface area contributed by atoms with E-state index in [1.54, 1.807) is 11.8 Å². The largest absolute Gasteiger partial charge is 0.338 e. The van der Waals surface area contributed by atoms with Crippen molar-refractivity contribution in [2.24, 2.45) is 11.7 Å². The van der Waals surface area contributed by atoms with Crippen LogP contribution in [-0.4, -0.2) is 10.1 Å². The number of aromatic nitrogens is 2. The number of thioether (sulfide) groups is 1. The van der Waals surface area contributed by atoms with Crippen molar-refractivity contribution in [3.05, 3.63) is 42.0 Å². The van der Waals surface area contributed by atoms with Gasteiger partial charge in [0.1, 0.15) is 0 Å². The van der Waals surface area contributed by atoms with Gasteiger partial charge in [0.2, 0.25) is 5.89 Å². The fourth-order valence-corrected chi connectivity index (χ4v) is 2.17. The monoisotopic (exact) mass is 263 g/mol. The first-order valence-electron chi connectivity index (χ1n) is 5.92. The summed E-state index contributed by atoms with van der Waals surface area (Å²) in [6.45, 7) is 4.07. The molecule has 1 heterocycles. The highest BCUT2D eigenvalue weighted by atomic mass is 32.2. The molecule has 1 atom stereocenters. The van der Waals surface area contributed by atoms with Crippen LogP contribution in [0.5, 0.6) is 0 Å². The third-order valence-electron chi connectivity index (χ3n) is 2.60. The summed E-state index contributed by atoms with van der Waals surface area (Å²) in [6.07, 6.45) is 0. The summed E-state index contributed by atoms with van der Waals surface area (Å²) in [4.78, 5) is 5.51. The fourth-order valence-electron chi connectivity index (χ4n) is 1.41. The molecule has 0 aliphatic heterocycles. The number of benzene rings is 1. The second-order valence-electron chi connectivity index (χ2n) is 4.42. The van der Waals surface area contributed by atoms with Gasteiger partial charge in [-0.2, -0.15) is 4.98 Å². The zero-order chi connectivity index (χ0) is 13.0. The predicted octanol–water partition coefficient (Wildman–Crippen LogP) is 3.02. The molecule has 0 aliphatic carbocycles. The van der Waals surface area contributed by atoms with E-state index >= 15 is 0 Å². The lowest BCUT2D eigenvalue weighted by molar-refractivity contribution is 0.323. The molecule has 2 rings (SSSR count). The van der Waals surface area contributed by atoms with Crippen LogP contribution in [0.4, 0.5) is 0 Å². The Kier molecular flexibility index (Phi) is 4.38. The van der Waals surface area contributed by atoms with E-state index in [1.807, 2.05) is 32.0 Å². The van der Waals surface area contributed by atoms with E-state index in [-0.39, 0.29) is 6.04 Å². The van der Waals surface area contributed by atoms with E-state index in [1.165, 1.54) is 4.90 Å². The van der Waals surface area contributed by atoms with Crippen molar-refractivity contribution in [3.63, 3.8) is 0 Å². The fraction of sp³-hybridized carbons (Fsp3) is 0.385. The van der Waals surface area contributed by atoms with Crippen molar-refractivity contribution in [2.75, 3.05) is 0 Å². The highest BCUT2D eigenvalue weighted by molar-refractivity contribution is 7.98. The summed E-state index contributed by atoms with van der Waals surface area (Å²) < 4.78 is 5.18. The number of nitrogens with two attached hydrogens (primary N) is 1. The van der Waals surface area contributed by atoms with E-state index < -0.39 is 0 Å². The number of nitrogens with zero attached hydrogens (tertiary/aromatic N) is 2. The average Bonchev–Trinajstić information content (AvgIpc) is 2.85. The molecule has 1 aromatic heterocycles. The lowest BCUT2D eigenvalue weighted by atomic mass is 10.1. The van der Waals surface area contributed by atoms with Gasteiger partial charge in [0.25, 0.3) is 0 Å². The molecular weight excluding hydrogens is 246 g/mol. The van der Waals surface area contributed by atoms with Crippen molar-refractivity contribution < 1.29 is 4.52 Å². The molecule has 0 amide bonds. The highest BCUT2D eigenvalue weighted by Gasteiger charge is 2.17. The van der Waals surface area contributed by atoms with E-state index in [4.69, 9.17) is 10.3 Å². The van der Waals surface area contributed by atoms with Gasteiger partial charge in [-0.3, -0.25) is 0 Å². The van der Waals surface area contributed by atoms with Gasteiger partial charge in [-0.15, -0.1) is 11.8 Å². The Morgan fingerprint density at radius 3 is 2.67 bits per heavy atom. The van der Waals surface area contributed by atoms with Crippen molar-refractivity contribution in [2.45, 2.75) is 30.5 Å². The Hall–Kier alpha value is -1.33.